The molecule has 3 rings (SSSR count). The number of carbonyl (C=O) groups is 1. The van der Waals surface area contributed by atoms with Crippen LogP contribution >= 0.6 is 0 Å². The lowest BCUT2D eigenvalue weighted by Gasteiger charge is -2.28. The maximum atomic E-state index is 12.8. The molecule has 6 heteroatoms. The first kappa shape index (κ1) is 18.0. The summed E-state index contributed by atoms with van der Waals surface area (Å²) in [6, 6.07) is 9.29. The highest BCUT2D eigenvalue weighted by atomic mass is 16.5. The fourth-order valence-corrected chi connectivity index (χ4v) is 3.70. The third kappa shape index (κ3) is 3.88. The highest BCUT2D eigenvalue weighted by molar-refractivity contribution is 5.69. The summed E-state index contributed by atoms with van der Waals surface area (Å²) < 4.78 is 8.13. The van der Waals surface area contributed by atoms with Crippen molar-refractivity contribution in [1.82, 2.24) is 9.13 Å². The number of rotatable bonds is 5. The van der Waals surface area contributed by atoms with Gasteiger partial charge in [-0.05, 0) is 62.3 Å². The third-order valence-electron chi connectivity index (χ3n) is 5.27. The van der Waals surface area contributed by atoms with E-state index in [-0.39, 0.29) is 17.7 Å². The third-order valence-corrected chi connectivity index (χ3v) is 5.27. The molecular formula is C20H23N3O3. The molecule has 0 amide bonds. The lowest BCUT2D eigenvalue weighted by Crippen LogP contribution is -2.29. The van der Waals surface area contributed by atoms with Crippen LogP contribution in [0.15, 0.2) is 41.5 Å². The monoisotopic (exact) mass is 353 g/mol. The Balaban J connectivity index is 1.65. The van der Waals surface area contributed by atoms with Crippen molar-refractivity contribution in [2.24, 2.45) is 5.92 Å². The minimum Gasteiger partial charge on any atom is -0.469 e. The molecule has 1 aromatic carbocycles. The van der Waals surface area contributed by atoms with Crippen LogP contribution in [0.5, 0.6) is 0 Å². The minimum absolute atomic E-state index is 0.0484. The van der Waals surface area contributed by atoms with E-state index in [2.05, 4.69) is 6.07 Å². The van der Waals surface area contributed by atoms with Gasteiger partial charge in [0.1, 0.15) is 0 Å². The van der Waals surface area contributed by atoms with E-state index in [0.29, 0.717) is 17.9 Å². The van der Waals surface area contributed by atoms with Crippen LogP contribution in [0, 0.1) is 17.2 Å². The lowest BCUT2D eigenvalue weighted by molar-refractivity contribution is -0.141. The van der Waals surface area contributed by atoms with Gasteiger partial charge in [-0.25, -0.2) is 4.79 Å². The fourth-order valence-electron chi connectivity index (χ4n) is 3.70. The first-order chi connectivity index (χ1) is 12.6. The number of benzene rings is 1. The van der Waals surface area contributed by atoms with Crippen molar-refractivity contribution in [2.45, 2.75) is 44.6 Å². The molecule has 1 saturated carbocycles. The zero-order valence-corrected chi connectivity index (χ0v) is 14.9. The van der Waals surface area contributed by atoms with Crippen LogP contribution in [0.1, 0.15) is 50.1 Å². The molecule has 0 unspecified atom stereocenters. The van der Waals surface area contributed by atoms with Gasteiger partial charge in [-0.1, -0.05) is 0 Å². The van der Waals surface area contributed by atoms with Crippen molar-refractivity contribution < 1.29 is 9.53 Å². The number of imidazole rings is 1. The Morgan fingerprint density at radius 1 is 1.19 bits per heavy atom. The molecule has 2 aromatic rings. The van der Waals surface area contributed by atoms with Crippen LogP contribution in [0.2, 0.25) is 0 Å². The van der Waals surface area contributed by atoms with Crippen molar-refractivity contribution in [3.05, 3.63) is 52.7 Å². The highest BCUT2D eigenvalue weighted by Gasteiger charge is 2.24. The summed E-state index contributed by atoms with van der Waals surface area (Å²) in [5, 5.41) is 8.88. The van der Waals surface area contributed by atoms with Gasteiger partial charge in [-0.2, -0.15) is 5.26 Å². The SMILES string of the molecule is COC(=O)CCC1CCC(n2ccn(-c3ccc(C#N)cc3)c2=O)CC1. The zero-order valence-electron chi connectivity index (χ0n) is 14.9. The Kier molecular flexibility index (Phi) is 5.57. The summed E-state index contributed by atoms with van der Waals surface area (Å²) in [4.78, 5) is 24.0. The molecule has 0 saturated heterocycles. The predicted molar refractivity (Wildman–Crippen MR) is 97.0 cm³/mol. The standard InChI is InChI=1S/C20H23N3O3/c1-26-19(24)11-6-15-2-7-17(8-3-15)22-12-13-23(20(22)25)18-9-4-16(14-21)5-10-18/h4-5,9-10,12-13,15,17H,2-3,6-8,11H2,1H3. The summed E-state index contributed by atoms with van der Waals surface area (Å²) in [7, 11) is 1.42. The Morgan fingerprint density at radius 2 is 1.88 bits per heavy atom. The molecule has 1 aliphatic rings. The predicted octanol–water partition coefficient (Wildman–Crippen LogP) is 3.20. The topological polar surface area (TPSA) is 77.0 Å². The van der Waals surface area contributed by atoms with Gasteiger partial charge in [0.15, 0.2) is 0 Å². The van der Waals surface area contributed by atoms with Gasteiger partial charge < -0.3 is 4.74 Å². The molecule has 1 fully saturated rings. The number of hydrogen-bond donors (Lipinski definition) is 0. The van der Waals surface area contributed by atoms with Crippen molar-refractivity contribution >= 4 is 5.97 Å². The van der Waals surface area contributed by atoms with Gasteiger partial charge in [0.05, 0.1) is 24.4 Å². The van der Waals surface area contributed by atoms with Gasteiger partial charge in [-0.3, -0.25) is 13.9 Å². The molecular weight excluding hydrogens is 330 g/mol. The zero-order chi connectivity index (χ0) is 18.5. The Hall–Kier alpha value is -2.81. The number of ether oxygens (including phenoxy) is 1. The van der Waals surface area contributed by atoms with Crippen molar-refractivity contribution in [1.29, 1.82) is 5.26 Å². The molecule has 0 aliphatic heterocycles. The smallest absolute Gasteiger partial charge is 0.332 e. The van der Waals surface area contributed by atoms with E-state index in [1.54, 1.807) is 35.0 Å². The molecule has 0 atom stereocenters. The van der Waals surface area contributed by atoms with E-state index in [1.807, 2.05) is 10.8 Å². The number of aromatic nitrogens is 2. The summed E-state index contributed by atoms with van der Waals surface area (Å²) >= 11 is 0. The Bertz CT molecular complexity index is 850. The summed E-state index contributed by atoms with van der Waals surface area (Å²) in [6.07, 6.45) is 8.91. The number of esters is 1. The van der Waals surface area contributed by atoms with Crippen molar-refractivity contribution in [3.8, 4) is 11.8 Å². The van der Waals surface area contributed by atoms with E-state index in [9.17, 15) is 9.59 Å². The van der Waals surface area contributed by atoms with Crippen LogP contribution in [-0.2, 0) is 9.53 Å². The second kappa shape index (κ2) is 8.05. The van der Waals surface area contributed by atoms with Gasteiger partial charge in [-0.15, -0.1) is 0 Å². The van der Waals surface area contributed by atoms with E-state index in [1.165, 1.54) is 7.11 Å². The van der Waals surface area contributed by atoms with Crippen molar-refractivity contribution in [2.75, 3.05) is 7.11 Å². The van der Waals surface area contributed by atoms with E-state index < -0.39 is 0 Å². The molecule has 136 valence electrons. The molecule has 0 spiro atoms. The number of nitriles is 1. The minimum atomic E-state index is -0.150. The van der Waals surface area contributed by atoms with Crippen LogP contribution in [0.4, 0.5) is 0 Å². The van der Waals surface area contributed by atoms with Gasteiger partial charge in [0.2, 0.25) is 0 Å². The Labute approximate surface area is 152 Å². The number of carbonyl (C=O) groups excluding carboxylic acids is 1. The number of hydrogen-bond acceptors (Lipinski definition) is 4. The van der Waals surface area contributed by atoms with E-state index >= 15 is 0 Å². The van der Waals surface area contributed by atoms with Crippen LogP contribution in [0.25, 0.3) is 5.69 Å². The van der Waals surface area contributed by atoms with E-state index in [0.717, 1.165) is 37.8 Å². The number of nitrogens with zero attached hydrogens (tertiary/aromatic N) is 3. The Morgan fingerprint density at radius 3 is 2.50 bits per heavy atom. The molecule has 0 radical (unpaired) electrons. The second-order valence-electron chi connectivity index (χ2n) is 6.81. The van der Waals surface area contributed by atoms with Crippen LogP contribution < -0.4 is 5.69 Å². The maximum Gasteiger partial charge on any atom is 0.332 e. The average molecular weight is 353 g/mol. The second-order valence-corrected chi connectivity index (χ2v) is 6.81. The first-order valence-corrected chi connectivity index (χ1v) is 8.99. The molecule has 0 bridgehead atoms. The fraction of sp³-hybridized carbons (Fsp3) is 0.450. The first-order valence-electron chi connectivity index (χ1n) is 8.99. The van der Waals surface area contributed by atoms with Crippen LogP contribution in [0.3, 0.4) is 0 Å². The highest BCUT2D eigenvalue weighted by Crippen LogP contribution is 2.33. The summed E-state index contributed by atoms with van der Waals surface area (Å²) in [6.45, 7) is 0. The van der Waals surface area contributed by atoms with Gasteiger partial charge in [0.25, 0.3) is 0 Å². The molecule has 1 aromatic heterocycles. The summed E-state index contributed by atoms with van der Waals surface area (Å²) in [5.41, 5.74) is 1.29. The molecule has 26 heavy (non-hydrogen) atoms. The molecule has 0 N–H and O–H groups in total. The lowest BCUT2D eigenvalue weighted by atomic mass is 9.83. The van der Waals surface area contributed by atoms with Gasteiger partial charge in [0, 0.05) is 24.9 Å². The normalized spacial score (nSPS) is 19.7. The quantitative estimate of drug-likeness (QED) is 0.774. The summed E-state index contributed by atoms with van der Waals surface area (Å²) in [5.74, 6) is 0.379. The molecule has 1 heterocycles. The maximum absolute atomic E-state index is 12.8. The molecule has 1 aliphatic carbocycles. The number of methoxy groups -OCH3 is 1. The molecule has 6 nitrogen and oxygen atoms in total. The van der Waals surface area contributed by atoms with Gasteiger partial charge >= 0.3 is 11.7 Å². The van der Waals surface area contributed by atoms with Crippen LogP contribution in [-0.4, -0.2) is 22.2 Å². The largest absolute Gasteiger partial charge is 0.469 e. The average Bonchev–Trinajstić information content (AvgIpc) is 3.08. The van der Waals surface area contributed by atoms with Crippen molar-refractivity contribution in [3.63, 3.8) is 0 Å². The van der Waals surface area contributed by atoms with E-state index in [4.69, 9.17) is 10.00 Å².